The van der Waals surface area contributed by atoms with Gasteiger partial charge in [-0.25, -0.2) is 4.79 Å². The topological polar surface area (TPSA) is 26.3 Å². The van der Waals surface area contributed by atoms with Crippen LogP contribution >= 0.6 is 15.9 Å². The minimum absolute atomic E-state index is 0.290. The quantitative estimate of drug-likeness (QED) is 0.767. The van der Waals surface area contributed by atoms with Crippen LogP contribution in [0.15, 0.2) is 29.3 Å². The van der Waals surface area contributed by atoms with E-state index in [0.717, 1.165) is 5.56 Å². The molecular weight excluding hydrogens is 268 g/mol. The van der Waals surface area contributed by atoms with Crippen molar-refractivity contribution in [3.05, 3.63) is 40.4 Å². The van der Waals surface area contributed by atoms with E-state index in [2.05, 4.69) is 15.9 Å². The van der Waals surface area contributed by atoms with Gasteiger partial charge < -0.3 is 4.74 Å². The smallest absolute Gasteiger partial charge is 0.338 e. The van der Waals surface area contributed by atoms with E-state index >= 15 is 0 Å². The molecule has 0 bridgehead atoms. The Morgan fingerprint density at radius 3 is 2.25 bits per heavy atom. The van der Waals surface area contributed by atoms with Gasteiger partial charge in [-0.3, -0.25) is 0 Å². The van der Waals surface area contributed by atoms with Crippen LogP contribution in [0.25, 0.3) is 6.08 Å². The highest BCUT2D eigenvalue weighted by Crippen LogP contribution is 2.13. The third-order valence-electron chi connectivity index (χ3n) is 1.80. The number of hydrogen-bond acceptors (Lipinski definition) is 2. The van der Waals surface area contributed by atoms with Crippen LogP contribution in [-0.4, -0.2) is 11.6 Å². The van der Waals surface area contributed by atoms with E-state index in [1.165, 1.54) is 0 Å². The predicted octanol–water partition coefficient (Wildman–Crippen LogP) is 4.01. The molecule has 2 nitrogen and oxygen atoms in total. The first kappa shape index (κ1) is 13.0. The third-order valence-corrected chi connectivity index (χ3v) is 2.07. The first-order chi connectivity index (χ1) is 7.42. The minimum atomic E-state index is -0.453. The molecule has 0 atom stereocenters. The lowest BCUT2D eigenvalue weighted by Gasteiger charge is -2.19. The molecule has 0 N–H and O–H groups in total. The van der Waals surface area contributed by atoms with Gasteiger partial charge in [-0.2, -0.15) is 0 Å². The largest absolute Gasteiger partial charge is 0.456 e. The lowest BCUT2D eigenvalue weighted by molar-refractivity contribution is 0.00696. The Morgan fingerprint density at radius 2 is 1.81 bits per heavy atom. The van der Waals surface area contributed by atoms with Crippen molar-refractivity contribution >= 4 is 28.0 Å². The van der Waals surface area contributed by atoms with Crippen molar-refractivity contribution in [3.63, 3.8) is 0 Å². The van der Waals surface area contributed by atoms with Crippen molar-refractivity contribution in [3.8, 4) is 0 Å². The lowest BCUT2D eigenvalue weighted by atomic mass is 10.1. The summed E-state index contributed by atoms with van der Waals surface area (Å²) >= 11 is 3.20. The standard InChI is InChI=1S/C13H15BrO2/c1-13(2,3)16-12(15)11-6-4-10(5-7-11)8-9-14/h4-9H,1-3H3. The van der Waals surface area contributed by atoms with E-state index < -0.39 is 5.60 Å². The first-order valence-electron chi connectivity index (χ1n) is 5.02. The number of halogens is 1. The summed E-state index contributed by atoms with van der Waals surface area (Å²) in [7, 11) is 0. The van der Waals surface area contributed by atoms with Crippen molar-refractivity contribution < 1.29 is 9.53 Å². The van der Waals surface area contributed by atoms with Crippen LogP contribution in [0.3, 0.4) is 0 Å². The van der Waals surface area contributed by atoms with Crippen molar-refractivity contribution in [1.29, 1.82) is 0 Å². The number of ether oxygens (including phenoxy) is 1. The molecule has 0 saturated carbocycles. The third kappa shape index (κ3) is 4.19. The fraction of sp³-hybridized carbons (Fsp3) is 0.308. The molecule has 0 aromatic heterocycles. The van der Waals surface area contributed by atoms with E-state index in [0.29, 0.717) is 5.56 Å². The average molecular weight is 283 g/mol. The molecular formula is C13H15BrO2. The molecule has 0 fully saturated rings. The second-order valence-corrected chi connectivity index (χ2v) is 4.95. The minimum Gasteiger partial charge on any atom is -0.456 e. The molecule has 0 aliphatic rings. The van der Waals surface area contributed by atoms with E-state index in [-0.39, 0.29) is 5.97 Å². The van der Waals surface area contributed by atoms with Crippen molar-refractivity contribution in [2.24, 2.45) is 0 Å². The summed E-state index contributed by atoms with van der Waals surface area (Å²) < 4.78 is 5.26. The van der Waals surface area contributed by atoms with Gasteiger partial charge in [0.05, 0.1) is 5.56 Å². The molecule has 0 aliphatic carbocycles. The molecule has 1 aromatic rings. The van der Waals surface area contributed by atoms with Crippen LogP contribution in [0.5, 0.6) is 0 Å². The molecule has 1 aromatic carbocycles. The zero-order valence-corrected chi connectivity index (χ0v) is 11.2. The molecule has 0 unspecified atom stereocenters. The maximum atomic E-state index is 11.7. The highest BCUT2D eigenvalue weighted by atomic mass is 79.9. The number of carbonyl (C=O) groups is 1. The van der Waals surface area contributed by atoms with Gasteiger partial charge >= 0.3 is 5.97 Å². The second-order valence-electron chi connectivity index (χ2n) is 4.42. The number of rotatable bonds is 2. The predicted molar refractivity (Wildman–Crippen MR) is 69.6 cm³/mol. The number of benzene rings is 1. The maximum absolute atomic E-state index is 11.7. The van der Waals surface area contributed by atoms with Crippen LogP contribution in [-0.2, 0) is 4.74 Å². The molecule has 0 heterocycles. The van der Waals surface area contributed by atoms with Gasteiger partial charge in [-0.1, -0.05) is 28.1 Å². The second kappa shape index (κ2) is 5.30. The van der Waals surface area contributed by atoms with Gasteiger partial charge in [0.15, 0.2) is 0 Å². The summed E-state index contributed by atoms with van der Waals surface area (Å²) in [6.45, 7) is 5.56. The van der Waals surface area contributed by atoms with E-state index in [1.54, 1.807) is 17.1 Å². The van der Waals surface area contributed by atoms with Gasteiger partial charge in [-0.05, 0) is 49.5 Å². The van der Waals surface area contributed by atoms with Crippen molar-refractivity contribution in [2.45, 2.75) is 26.4 Å². The van der Waals surface area contributed by atoms with Gasteiger partial charge in [0, 0.05) is 0 Å². The Balaban J connectivity index is 2.78. The van der Waals surface area contributed by atoms with Crippen LogP contribution in [0.1, 0.15) is 36.7 Å². The average Bonchev–Trinajstić information content (AvgIpc) is 2.16. The van der Waals surface area contributed by atoms with E-state index in [4.69, 9.17) is 4.74 Å². The SMILES string of the molecule is CC(C)(C)OC(=O)c1ccc(C=CBr)cc1. The normalized spacial score (nSPS) is 11.8. The number of carbonyl (C=O) groups excluding carboxylic acids is 1. The van der Waals surface area contributed by atoms with Crippen LogP contribution in [0.4, 0.5) is 0 Å². The molecule has 16 heavy (non-hydrogen) atoms. The van der Waals surface area contributed by atoms with Crippen LogP contribution in [0, 0.1) is 0 Å². The van der Waals surface area contributed by atoms with Gasteiger partial charge in [0.1, 0.15) is 5.60 Å². The molecule has 3 heteroatoms. The highest BCUT2D eigenvalue weighted by molar-refractivity contribution is 9.11. The summed E-state index contributed by atoms with van der Waals surface area (Å²) in [4.78, 5) is 13.5. The van der Waals surface area contributed by atoms with Crippen molar-refractivity contribution in [2.75, 3.05) is 0 Å². The molecule has 0 amide bonds. The van der Waals surface area contributed by atoms with Gasteiger partial charge in [-0.15, -0.1) is 0 Å². The monoisotopic (exact) mass is 282 g/mol. The first-order valence-corrected chi connectivity index (χ1v) is 5.94. The zero-order valence-electron chi connectivity index (χ0n) is 9.66. The molecule has 1 rings (SSSR count). The fourth-order valence-electron chi connectivity index (χ4n) is 1.14. The molecule has 0 spiro atoms. The van der Waals surface area contributed by atoms with Crippen LogP contribution in [0.2, 0.25) is 0 Å². The number of esters is 1. The summed E-state index contributed by atoms with van der Waals surface area (Å²) in [5, 5.41) is 0. The molecule has 86 valence electrons. The zero-order chi connectivity index (χ0) is 12.2. The Kier molecular flexibility index (Phi) is 4.30. The van der Waals surface area contributed by atoms with E-state index in [1.807, 2.05) is 39.0 Å². The fourth-order valence-corrected chi connectivity index (χ4v) is 1.45. The van der Waals surface area contributed by atoms with Gasteiger partial charge in [0.2, 0.25) is 0 Å². The molecule has 0 aliphatic heterocycles. The van der Waals surface area contributed by atoms with Crippen LogP contribution < -0.4 is 0 Å². The lowest BCUT2D eigenvalue weighted by Crippen LogP contribution is -2.23. The number of hydrogen-bond donors (Lipinski definition) is 0. The van der Waals surface area contributed by atoms with E-state index in [9.17, 15) is 4.79 Å². The van der Waals surface area contributed by atoms with Crippen molar-refractivity contribution in [1.82, 2.24) is 0 Å². The summed E-state index contributed by atoms with van der Waals surface area (Å²) in [6, 6.07) is 7.26. The Hall–Kier alpha value is -1.09. The summed E-state index contributed by atoms with van der Waals surface area (Å²) in [5.74, 6) is -0.290. The Labute approximate surface area is 104 Å². The Bertz CT molecular complexity index is 385. The molecule has 0 radical (unpaired) electrons. The highest BCUT2D eigenvalue weighted by Gasteiger charge is 2.17. The molecule has 0 saturated heterocycles. The van der Waals surface area contributed by atoms with Gasteiger partial charge in [0.25, 0.3) is 0 Å². The summed E-state index contributed by atoms with van der Waals surface area (Å²) in [6.07, 6.45) is 1.90. The summed E-state index contributed by atoms with van der Waals surface area (Å²) in [5.41, 5.74) is 1.15. The maximum Gasteiger partial charge on any atom is 0.338 e. The Morgan fingerprint density at radius 1 is 1.25 bits per heavy atom.